The Hall–Kier alpha value is -3.00. The highest BCUT2D eigenvalue weighted by Gasteiger charge is 2.22. The normalized spacial score (nSPS) is 11.0. The second-order valence-corrected chi connectivity index (χ2v) is 7.57. The zero-order valence-corrected chi connectivity index (χ0v) is 17.2. The molecule has 0 bridgehead atoms. The minimum absolute atomic E-state index is 0.0486. The maximum atomic E-state index is 13.3. The van der Waals surface area contributed by atoms with Gasteiger partial charge in [0.05, 0.1) is 10.9 Å². The molecule has 29 heavy (non-hydrogen) atoms. The third kappa shape index (κ3) is 4.22. The quantitative estimate of drug-likeness (QED) is 0.610. The highest BCUT2D eigenvalue weighted by atomic mass is 32.1. The van der Waals surface area contributed by atoms with Crippen LogP contribution in [0.4, 0.5) is 0 Å². The van der Waals surface area contributed by atoms with Gasteiger partial charge in [0.25, 0.3) is 5.56 Å². The van der Waals surface area contributed by atoms with Crippen LogP contribution in [0.25, 0.3) is 21.6 Å². The van der Waals surface area contributed by atoms with Crippen LogP contribution in [0.1, 0.15) is 37.0 Å². The van der Waals surface area contributed by atoms with Crippen molar-refractivity contribution in [3.8, 4) is 11.4 Å². The highest BCUT2D eigenvalue weighted by Crippen LogP contribution is 2.25. The molecular formula is C21H23N3O4S. The van der Waals surface area contributed by atoms with Crippen LogP contribution in [-0.4, -0.2) is 44.5 Å². The summed E-state index contributed by atoms with van der Waals surface area (Å²) < 4.78 is 1.30. The van der Waals surface area contributed by atoms with Crippen LogP contribution in [0, 0.1) is 0 Å². The number of carboxylic acids is 1. The SMILES string of the molecule is CCCN(CCC)C(=O)Cn1c(-c2ccccc2)nc2scc(C(=O)O)c2c1=O. The fourth-order valence-corrected chi connectivity index (χ4v) is 4.17. The van der Waals surface area contributed by atoms with E-state index >= 15 is 0 Å². The lowest BCUT2D eigenvalue weighted by Crippen LogP contribution is -2.38. The molecule has 0 fully saturated rings. The van der Waals surface area contributed by atoms with Crippen LogP contribution in [-0.2, 0) is 11.3 Å². The highest BCUT2D eigenvalue weighted by molar-refractivity contribution is 7.17. The summed E-state index contributed by atoms with van der Waals surface area (Å²) in [5, 5.41) is 10.9. The number of rotatable bonds is 8. The summed E-state index contributed by atoms with van der Waals surface area (Å²) in [7, 11) is 0. The van der Waals surface area contributed by atoms with E-state index in [1.807, 2.05) is 44.2 Å². The standard InChI is InChI=1S/C21H23N3O4S/c1-3-10-23(11-4-2)16(25)12-24-18(14-8-6-5-7-9-14)22-19-17(20(24)26)15(13-29-19)21(27)28/h5-9,13H,3-4,10-12H2,1-2H3,(H,27,28). The van der Waals surface area contributed by atoms with E-state index in [1.165, 1.54) is 9.95 Å². The second-order valence-electron chi connectivity index (χ2n) is 6.71. The van der Waals surface area contributed by atoms with Crippen LogP contribution in [0.2, 0.25) is 0 Å². The van der Waals surface area contributed by atoms with Crippen LogP contribution in [0.5, 0.6) is 0 Å². The first-order valence-corrected chi connectivity index (χ1v) is 10.4. The van der Waals surface area contributed by atoms with Crippen molar-refractivity contribution in [3.63, 3.8) is 0 Å². The number of aromatic carboxylic acids is 1. The number of carboxylic acid groups (broad SMARTS) is 1. The Balaban J connectivity index is 2.18. The first kappa shape index (κ1) is 20.7. The van der Waals surface area contributed by atoms with E-state index < -0.39 is 11.5 Å². The fraction of sp³-hybridized carbons (Fsp3) is 0.333. The summed E-state index contributed by atoms with van der Waals surface area (Å²) in [4.78, 5) is 44.4. The Bertz CT molecular complexity index is 1080. The number of aromatic nitrogens is 2. The second kappa shape index (κ2) is 9.00. The minimum Gasteiger partial charge on any atom is -0.478 e. The summed E-state index contributed by atoms with van der Waals surface area (Å²) in [6.45, 7) is 5.03. The third-order valence-electron chi connectivity index (χ3n) is 4.59. The topological polar surface area (TPSA) is 92.5 Å². The molecule has 1 amide bonds. The third-order valence-corrected chi connectivity index (χ3v) is 5.46. The van der Waals surface area contributed by atoms with Crippen molar-refractivity contribution >= 4 is 33.4 Å². The molecule has 1 N–H and O–H groups in total. The van der Waals surface area contributed by atoms with Gasteiger partial charge in [-0.15, -0.1) is 11.3 Å². The molecule has 0 unspecified atom stereocenters. The van der Waals surface area contributed by atoms with Gasteiger partial charge in [0.15, 0.2) is 0 Å². The summed E-state index contributed by atoms with van der Waals surface area (Å²) in [5.41, 5.74) is 0.109. The lowest BCUT2D eigenvalue weighted by atomic mass is 10.2. The number of carbonyl (C=O) groups excluding carboxylic acids is 1. The fourth-order valence-electron chi connectivity index (χ4n) is 3.27. The van der Waals surface area contributed by atoms with Crippen LogP contribution < -0.4 is 5.56 Å². The van der Waals surface area contributed by atoms with Crippen LogP contribution in [0.15, 0.2) is 40.5 Å². The van der Waals surface area contributed by atoms with Crippen molar-refractivity contribution in [2.75, 3.05) is 13.1 Å². The zero-order chi connectivity index (χ0) is 21.0. The van der Waals surface area contributed by atoms with Gasteiger partial charge in [-0.1, -0.05) is 44.2 Å². The molecule has 2 aromatic heterocycles. The largest absolute Gasteiger partial charge is 0.478 e. The molecule has 3 aromatic rings. The van der Waals surface area contributed by atoms with E-state index in [9.17, 15) is 19.5 Å². The summed E-state index contributed by atoms with van der Waals surface area (Å²) in [5.74, 6) is -0.997. The van der Waals surface area contributed by atoms with Gasteiger partial charge >= 0.3 is 5.97 Å². The first-order valence-electron chi connectivity index (χ1n) is 9.56. The lowest BCUT2D eigenvalue weighted by Gasteiger charge is -2.22. The number of benzene rings is 1. The average molecular weight is 413 g/mol. The molecule has 0 spiro atoms. The van der Waals surface area contributed by atoms with Crippen LogP contribution >= 0.6 is 11.3 Å². The number of amides is 1. The van der Waals surface area contributed by atoms with E-state index in [-0.39, 0.29) is 23.4 Å². The van der Waals surface area contributed by atoms with E-state index in [2.05, 4.69) is 4.98 Å². The Kier molecular flexibility index (Phi) is 6.43. The molecular weight excluding hydrogens is 390 g/mol. The number of hydrogen-bond donors (Lipinski definition) is 1. The smallest absolute Gasteiger partial charge is 0.337 e. The van der Waals surface area contributed by atoms with Gasteiger partial charge in [0.2, 0.25) is 5.91 Å². The van der Waals surface area contributed by atoms with Gasteiger partial charge < -0.3 is 10.0 Å². The van der Waals surface area contributed by atoms with Crippen molar-refractivity contribution in [1.82, 2.24) is 14.5 Å². The van der Waals surface area contributed by atoms with E-state index in [1.54, 1.807) is 4.90 Å². The summed E-state index contributed by atoms with van der Waals surface area (Å²) >= 11 is 1.11. The van der Waals surface area contributed by atoms with E-state index in [0.29, 0.717) is 29.3 Å². The number of fused-ring (bicyclic) bond motifs is 1. The zero-order valence-electron chi connectivity index (χ0n) is 16.4. The monoisotopic (exact) mass is 413 g/mol. The van der Waals surface area contributed by atoms with Gasteiger partial charge in [-0.25, -0.2) is 9.78 Å². The van der Waals surface area contributed by atoms with Gasteiger partial charge in [-0.2, -0.15) is 0 Å². The molecule has 8 heteroatoms. The maximum absolute atomic E-state index is 13.3. The Labute approximate surface area is 172 Å². The Morgan fingerprint density at radius 1 is 1.14 bits per heavy atom. The van der Waals surface area contributed by atoms with E-state index in [4.69, 9.17) is 0 Å². The van der Waals surface area contributed by atoms with Crippen LogP contribution in [0.3, 0.4) is 0 Å². The Morgan fingerprint density at radius 2 is 1.79 bits per heavy atom. The van der Waals surface area contributed by atoms with E-state index in [0.717, 1.165) is 24.2 Å². The number of nitrogens with zero attached hydrogens (tertiary/aromatic N) is 3. The molecule has 0 aliphatic rings. The molecule has 0 aliphatic carbocycles. The molecule has 7 nitrogen and oxygen atoms in total. The van der Waals surface area contributed by atoms with Gasteiger partial charge in [0, 0.05) is 24.0 Å². The summed E-state index contributed by atoms with van der Waals surface area (Å²) in [6.07, 6.45) is 1.63. The molecule has 152 valence electrons. The molecule has 3 rings (SSSR count). The maximum Gasteiger partial charge on any atom is 0.337 e. The predicted molar refractivity (Wildman–Crippen MR) is 113 cm³/mol. The molecule has 0 radical (unpaired) electrons. The molecule has 2 heterocycles. The lowest BCUT2D eigenvalue weighted by molar-refractivity contribution is -0.132. The van der Waals surface area contributed by atoms with Gasteiger partial charge in [-0.05, 0) is 12.8 Å². The van der Waals surface area contributed by atoms with Gasteiger partial charge in [0.1, 0.15) is 17.2 Å². The Morgan fingerprint density at radius 3 is 2.38 bits per heavy atom. The molecule has 0 atom stereocenters. The summed E-state index contributed by atoms with van der Waals surface area (Å²) in [6, 6.07) is 9.14. The van der Waals surface area contributed by atoms with Crippen molar-refractivity contribution < 1.29 is 14.7 Å². The van der Waals surface area contributed by atoms with Crippen molar-refractivity contribution in [2.45, 2.75) is 33.2 Å². The average Bonchev–Trinajstić information content (AvgIpc) is 3.15. The molecule has 1 aromatic carbocycles. The number of carbonyl (C=O) groups is 2. The van der Waals surface area contributed by atoms with Crippen molar-refractivity contribution in [1.29, 1.82) is 0 Å². The first-order chi connectivity index (χ1) is 14.0. The number of thiophene rings is 1. The van der Waals surface area contributed by atoms with Crippen molar-refractivity contribution in [2.24, 2.45) is 0 Å². The molecule has 0 aliphatic heterocycles. The predicted octanol–water partition coefficient (Wildman–Crippen LogP) is 3.47. The number of hydrogen-bond acceptors (Lipinski definition) is 5. The molecule has 0 saturated heterocycles. The minimum atomic E-state index is -1.18. The molecule has 0 saturated carbocycles. The van der Waals surface area contributed by atoms with Gasteiger partial charge in [-0.3, -0.25) is 14.2 Å². The van der Waals surface area contributed by atoms with Crippen molar-refractivity contribution in [3.05, 3.63) is 51.6 Å².